The molecular formula is C16H22N2O. The number of aryl methyl sites for hydroxylation is 1. The van der Waals surface area contributed by atoms with Crippen LogP contribution in [0, 0.1) is 11.3 Å². The first kappa shape index (κ1) is 15.2. The van der Waals surface area contributed by atoms with Gasteiger partial charge in [0.2, 0.25) is 5.91 Å². The Kier molecular flexibility index (Phi) is 6.67. The maximum atomic E-state index is 12.1. The fourth-order valence-corrected chi connectivity index (χ4v) is 2.07. The van der Waals surface area contributed by atoms with E-state index in [1.165, 1.54) is 5.56 Å². The molecule has 0 spiro atoms. The highest BCUT2D eigenvalue weighted by atomic mass is 16.2. The molecule has 102 valence electrons. The fraction of sp³-hybridized carbons (Fsp3) is 0.500. The minimum absolute atomic E-state index is 0.154. The molecule has 0 aliphatic rings. The number of rotatable bonds is 7. The van der Waals surface area contributed by atoms with E-state index in [1.807, 2.05) is 32.0 Å². The van der Waals surface area contributed by atoms with Gasteiger partial charge >= 0.3 is 0 Å². The molecule has 3 nitrogen and oxygen atoms in total. The normalized spacial score (nSPS) is 10.2. The summed E-state index contributed by atoms with van der Waals surface area (Å²) >= 11 is 0. The summed E-state index contributed by atoms with van der Waals surface area (Å²) in [6.45, 7) is 4.53. The highest BCUT2D eigenvalue weighted by Gasteiger charge is 2.15. The standard InChI is InChI=1S/C16H22N2O/c1-14(2)18(13-7-12-17)16(19)11-6-10-15-8-4-3-5-9-15/h3-5,8-9,14H,6-7,10-11,13H2,1-2H3. The van der Waals surface area contributed by atoms with Gasteiger partial charge in [-0.2, -0.15) is 5.26 Å². The number of hydrogen-bond donors (Lipinski definition) is 0. The van der Waals surface area contributed by atoms with Crippen molar-refractivity contribution in [2.45, 2.75) is 45.6 Å². The van der Waals surface area contributed by atoms with Crippen molar-refractivity contribution in [1.82, 2.24) is 4.90 Å². The number of nitrogens with zero attached hydrogens (tertiary/aromatic N) is 2. The summed E-state index contributed by atoms with van der Waals surface area (Å²) in [4.78, 5) is 13.9. The molecule has 0 unspecified atom stereocenters. The molecule has 0 aromatic heterocycles. The zero-order chi connectivity index (χ0) is 14.1. The molecule has 0 aliphatic heterocycles. The monoisotopic (exact) mass is 258 g/mol. The Bertz CT molecular complexity index is 420. The number of amides is 1. The molecule has 1 aromatic rings. The second-order valence-corrected chi connectivity index (χ2v) is 4.93. The second kappa shape index (κ2) is 8.31. The molecule has 19 heavy (non-hydrogen) atoms. The van der Waals surface area contributed by atoms with Crippen molar-refractivity contribution in [3.8, 4) is 6.07 Å². The number of carbonyl (C=O) groups is 1. The summed E-state index contributed by atoms with van der Waals surface area (Å²) in [6.07, 6.45) is 2.75. The lowest BCUT2D eigenvalue weighted by Gasteiger charge is -2.25. The molecule has 0 radical (unpaired) electrons. The molecule has 1 rings (SSSR count). The van der Waals surface area contributed by atoms with Gasteiger partial charge in [-0.25, -0.2) is 0 Å². The van der Waals surface area contributed by atoms with Crippen LogP contribution >= 0.6 is 0 Å². The summed E-state index contributed by atoms with van der Waals surface area (Å²) in [5.74, 6) is 0.154. The van der Waals surface area contributed by atoms with Crippen LogP contribution in [-0.4, -0.2) is 23.4 Å². The van der Waals surface area contributed by atoms with Gasteiger partial charge in [0.15, 0.2) is 0 Å². The maximum Gasteiger partial charge on any atom is 0.222 e. The summed E-state index contributed by atoms with van der Waals surface area (Å²) in [7, 11) is 0. The van der Waals surface area contributed by atoms with Crippen LogP contribution in [0.5, 0.6) is 0 Å². The van der Waals surface area contributed by atoms with Crippen LogP contribution in [0.3, 0.4) is 0 Å². The van der Waals surface area contributed by atoms with Gasteiger partial charge in [0.05, 0.1) is 12.5 Å². The maximum absolute atomic E-state index is 12.1. The molecule has 0 N–H and O–H groups in total. The van der Waals surface area contributed by atoms with E-state index >= 15 is 0 Å². The van der Waals surface area contributed by atoms with E-state index in [9.17, 15) is 4.79 Å². The second-order valence-electron chi connectivity index (χ2n) is 4.93. The number of hydrogen-bond acceptors (Lipinski definition) is 2. The van der Waals surface area contributed by atoms with Gasteiger partial charge in [-0.15, -0.1) is 0 Å². The summed E-state index contributed by atoms with van der Waals surface area (Å²) in [5, 5.41) is 8.62. The van der Waals surface area contributed by atoms with Crippen molar-refractivity contribution >= 4 is 5.91 Å². The van der Waals surface area contributed by atoms with E-state index in [2.05, 4.69) is 18.2 Å². The van der Waals surface area contributed by atoms with Crippen LogP contribution < -0.4 is 0 Å². The predicted molar refractivity (Wildman–Crippen MR) is 76.5 cm³/mol. The Morgan fingerprint density at radius 3 is 2.58 bits per heavy atom. The van der Waals surface area contributed by atoms with Crippen LogP contribution in [-0.2, 0) is 11.2 Å². The van der Waals surface area contributed by atoms with E-state index < -0.39 is 0 Å². The van der Waals surface area contributed by atoms with Gasteiger partial charge in [-0.05, 0) is 32.3 Å². The van der Waals surface area contributed by atoms with E-state index in [-0.39, 0.29) is 11.9 Å². The molecule has 0 saturated heterocycles. The number of carbonyl (C=O) groups excluding carboxylic acids is 1. The van der Waals surface area contributed by atoms with Crippen molar-refractivity contribution in [2.24, 2.45) is 0 Å². The van der Waals surface area contributed by atoms with Crippen LogP contribution in [0.1, 0.15) is 38.7 Å². The van der Waals surface area contributed by atoms with Gasteiger partial charge in [0.25, 0.3) is 0 Å². The Hall–Kier alpha value is -1.82. The zero-order valence-corrected chi connectivity index (χ0v) is 11.8. The van der Waals surface area contributed by atoms with Gasteiger partial charge in [0, 0.05) is 19.0 Å². The number of benzene rings is 1. The summed E-state index contributed by atoms with van der Waals surface area (Å²) in [5.41, 5.74) is 1.27. The van der Waals surface area contributed by atoms with Crippen molar-refractivity contribution in [3.63, 3.8) is 0 Å². The smallest absolute Gasteiger partial charge is 0.222 e. The third-order valence-electron chi connectivity index (χ3n) is 3.11. The van der Waals surface area contributed by atoms with Crippen LogP contribution in [0.25, 0.3) is 0 Å². The molecule has 0 saturated carbocycles. The highest BCUT2D eigenvalue weighted by Crippen LogP contribution is 2.08. The summed E-state index contributed by atoms with van der Waals surface area (Å²) in [6, 6.07) is 12.5. The van der Waals surface area contributed by atoms with E-state index in [0.29, 0.717) is 19.4 Å². The number of nitriles is 1. The first-order chi connectivity index (χ1) is 9.15. The van der Waals surface area contributed by atoms with Crippen molar-refractivity contribution in [1.29, 1.82) is 5.26 Å². The molecule has 1 amide bonds. The molecule has 0 fully saturated rings. The summed E-state index contributed by atoms with van der Waals surface area (Å²) < 4.78 is 0. The van der Waals surface area contributed by atoms with Crippen molar-refractivity contribution in [3.05, 3.63) is 35.9 Å². The predicted octanol–water partition coefficient (Wildman–Crippen LogP) is 3.16. The quantitative estimate of drug-likeness (QED) is 0.754. The van der Waals surface area contributed by atoms with E-state index in [4.69, 9.17) is 5.26 Å². The largest absolute Gasteiger partial charge is 0.339 e. The minimum Gasteiger partial charge on any atom is -0.339 e. The average molecular weight is 258 g/mol. The van der Waals surface area contributed by atoms with Crippen LogP contribution in [0.2, 0.25) is 0 Å². The molecule has 0 atom stereocenters. The van der Waals surface area contributed by atoms with E-state index in [1.54, 1.807) is 4.90 Å². The van der Waals surface area contributed by atoms with Crippen LogP contribution in [0.4, 0.5) is 0 Å². The SMILES string of the molecule is CC(C)N(CCC#N)C(=O)CCCc1ccccc1. The zero-order valence-electron chi connectivity index (χ0n) is 11.8. The van der Waals surface area contributed by atoms with Crippen molar-refractivity contribution in [2.75, 3.05) is 6.54 Å². The lowest BCUT2D eigenvalue weighted by molar-refractivity contribution is -0.132. The first-order valence-electron chi connectivity index (χ1n) is 6.85. The van der Waals surface area contributed by atoms with Gasteiger partial charge < -0.3 is 4.90 Å². The van der Waals surface area contributed by atoms with Crippen LogP contribution in [0.15, 0.2) is 30.3 Å². The first-order valence-corrected chi connectivity index (χ1v) is 6.85. The molecule has 0 heterocycles. The topological polar surface area (TPSA) is 44.1 Å². The highest BCUT2D eigenvalue weighted by molar-refractivity contribution is 5.76. The minimum atomic E-state index is 0.154. The lowest BCUT2D eigenvalue weighted by atomic mass is 10.1. The molecule has 1 aromatic carbocycles. The third kappa shape index (κ3) is 5.56. The molecular weight excluding hydrogens is 236 g/mol. The van der Waals surface area contributed by atoms with Gasteiger partial charge in [-0.1, -0.05) is 30.3 Å². The fourth-order valence-electron chi connectivity index (χ4n) is 2.07. The molecule has 3 heteroatoms. The average Bonchev–Trinajstić information content (AvgIpc) is 2.40. The third-order valence-corrected chi connectivity index (χ3v) is 3.11. The molecule has 0 aliphatic carbocycles. The van der Waals surface area contributed by atoms with Gasteiger partial charge in [0.1, 0.15) is 0 Å². The molecule has 0 bridgehead atoms. The van der Waals surface area contributed by atoms with Crippen molar-refractivity contribution < 1.29 is 4.79 Å². The van der Waals surface area contributed by atoms with Gasteiger partial charge in [-0.3, -0.25) is 4.79 Å². The van der Waals surface area contributed by atoms with E-state index in [0.717, 1.165) is 12.8 Å². The Morgan fingerprint density at radius 1 is 1.32 bits per heavy atom. The Balaban J connectivity index is 2.38. The lowest BCUT2D eigenvalue weighted by Crippen LogP contribution is -2.37. The Morgan fingerprint density at radius 2 is 2.00 bits per heavy atom. The Labute approximate surface area is 115 Å².